The van der Waals surface area contributed by atoms with E-state index in [9.17, 15) is 0 Å². The average Bonchev–Trinajstić information content (AvgIpc) is 3.14. The van der Waals surface area contributed by atoms with Crippen molar-refractivity contribution in [3.8, 4) is 0 Å². The summed E-state index contributed by atoms with van der Waals surface area (Å²) in [4.78, 5) is 12.4. The lowest BCUT2D eigenvalue weighted by Crippen LogP contribution is -2.43. The van der Waals surface area contributed by atoms with Gasteiger partial charge in [-0.2, -0.15) is 0 Å². The van der Waals surface area contributed by atoms with E-state index in [0.717, 1.165) is 32.1 Å². The minimum absolute atomic E-state index is 0.612. The summed E-state index contributed by atoms with van der Waals surface area (Å²) in [5.74, 6) is 1.10. The van der Waals surface area contributed by atoms with Gasteiger partial charge in [-0.05, 0) is 49.8 Å². The standard InChI is InChI=1S/C23H37N5/c1-3-24-22(28-12-11-23(19-28)9-4-10-23)25-17-20-5-7-21(8-6-20)18-27-15-13-26(2)14-16-27/h5-8H,3-4,9-19H2,1-2H3,(H,24,25). The Hall–Kier alpha value is -1.59. The number of likely N-dealkylation sites (N-methyl/N-ethyl adjacent to an activating group) is 1. The van der Waals surface area contributed by atoms with Crippen LogP contribution in [0.1, 0.15) is 43.7 Å². The number of nitrogens with one attached hydrogen (secondary N) is 1. The van der Waals surface area contributed by atoms with Crippen molar-refractivity contribution in [2.75, 3.05) is 52.9 Å². The van der Waals surface area contributed by atoms with Crippen molar-refractivity contribution >= 4 is 5.96 Å². The lowest BCUT2D eigenvalue weighted by molar-refractivity contribution is 0.148. The fourth-order valence-corrected chi connectivity index (χ4v) is 4.81. The molecular weight excluding hydrogens is 346 g/mol. The van der Waals surface area contributed by atoms with Crippen LogP contribution in [0.3, 0.4) is 0 Å². The number of rotatable bonds is 5. The second-order valence-electron chi connectivity index (χ2n) is 9.09. The molecule has 2 heterocycles. The molecule has 2 saturated heterocycles. The van der Waals surface area contributed by atoms with Crippen LogP contribution in [0.2, 0.25) is 0 Å². The van der Waals surface area contributed by atoms with Crippen molar-refractivity contribution in [3.63, 3.8) is 0 Å². The van der Waals surface area contributed by atoms with E-state index in [0.29, 0.717) is 5.41 Å². The predicted octanol–water partition coefficient (Wildman–Crippen LogP) is 2.78. The summed E-state index contributed by atoms with van der Waals surface area (Å²) >= 11 is 0. The maximum absolute atomic E-state index is 4.96. The second-order valence-corrected chi connectivity index (χ2v) is 9.09. The summed E-state index contributed by atoms with van der Waals surface area (Å²) in [6.45, 7) is 12.0. The number of hydrogen-bond donors (Lipinski definition) is 1. The van der Waals surface area contributed by atoms with Crippen LogP contribution in [-0.4, -0.2) is 73.5 Å². The molecule has 5 heteroatoms. The van der Waals surface area contributed by atoms with Crippen molar-refractivity contribution in [2.45, 2.75) is 45.7 Å². The molecule has 3 fully saturated rings. The molecular formula is C23H37N5. The van der Waals surface area contributed by atoms with Crippen LogP contribution in [0.25, 0.3) is 0 Å². The molecule has 1 aromatic carbocycles. The highest BCUT2D eigenvalue weighted by Crippen LogP contribution is 2.47. The van der Waals surface area contributed by atoms with Crippen LogP contribution < -0.4 is 5.32 Å². The zero-order chi connectivity index (χ0) is 19.4. The van der Waals surface area contributed by atoms with Gasteiger partial charge in [0.1, 0.15) is 0 Å². The van der Waals surface area contributed by atoms with Crippen LogP contribution in [0.5, 0.6) is 0 Å². The molecule has 4 rings (SSSR count). The van der Waals surface area contributed by atoms with E-state index in [1.165, 1.54) is 69.5 Å². The quantitative estimate of drug-likeness (QED) is 0.626. The maximum Gasteiger partial charge on any atom is 0.194 e. The summed E-state index contributed by atoms with van der Waals surface area (Å²) in [6.07, 6.45) is 5.59. The van der Waals surface area contributed by atoms with Gasteiger partial charge in [-0.1, -0.05) is 30.7 Å². The molecule has 28 heavy (non-hydrogen) atoms. The molecule has 1 aromatic rings. The van der Waals surface area contributed by atoms with Crippen LogP contribution in [0.15, 0.2) is 29.3 Å². The third-order valence-corrected chi connectivity index (χ3v) is 6.92. The lowest BCUT2D eigenvalue weighted by Gasteiger charge is -2.38. The molecule has 0 bridgehead atoms. The number of benzene rings is 1. The van der Waals surface area contributed by atoms with E-state index >= 15 is 0 Å². The fraction of sp³-hybridized carbons (Fsp3) is 0.696. The van der Waals surface area contributed by atoms with E-state index in [2.05, 4.69) is 58.3 Å². The molecule has 2 aliphatic heterocycles. The normalized spacial score (nSPS) is 23.2. The lowest BCUT2D eigenvalue weighted by atomic mass is 9.68. The van der Waals surface area contributed by atoms with E-state index in [4.69, 9.17) is 4.99 Å². The minimum atomic E-state index is 0.612. The Morgan fingerprint density at radius 3 is 2.32 bits per heavy atom. The van der Waals surface area contributed by atoms with Crippen LogP contribution in [0.4, 0.5) is 0 Å². The molecule has 154 valence electrons. The maximum atomic E-state index is 4.96. The molecule has 0 amide bonds. The number of likely N-dealkylation sites (tertiary alicyclic amines) is 1. The first-order valence-electron chi connectivity index (χ1n) is 11.2. The summed E-state index contributed by atoms with van der Waals surface area (Å²) < 4.78 is 0. The van der Waals surface area contributed by atoms with Crippen LogP contribution in [0, 0.1) is 5.41 Å². The molecule has 1 N–H and O–H groups in total. The molecule has 1 aliphatic carbocycles. The van der Waals surface area contributed by atoms with Gasteiger partial charge in [0, 0.05) is 52.4 Å². The van der Waals surface area contributed by atoms with Gasteiger partial charge in [0.25, 0.3) is 0 Å². The van der Waals surface area contributed by atoms with Crippen molar-refractivity contribution in [3.05, 3.63) is 35.4 Å². The number of nitrogens with zero attached hydrogens (tertiary/aromatic N) is 4. The molecule has 0 unspecified atom stereocenters. The van der Waals surface area contributed by atoms with Crippen LogP contribution >= 0.6 is 0 Å². The van der Waals surface area contributed by atoms with Crippen molar-refractivity contribution in [1.82, 2.24) is 20.0 Å². The summed E-state index contributed by atoms with van der Waals surface area (Å²) in [7, 11) is 2.21. The zero-order valence-electron chi connectivity index (χ0n) is 17.8. The van der Waals surface area contributed by atoms with E-state index in [-0.39, 0.29) is 0 Å². The molecule has 0 radical (unpaired) electrons. The van der Waals surface area contributed by atoms with Gasteiger partial charge in [-0.3, -0.25) is 4.90 Å². The first-order valence-corrected chi connectivity index (χ1v) is 11.2. The highest BCUT2D eigenvalue weighted by Gasteiger charge is 2.43. The molecule has 3 aliphatic rings. The van der Waals surface area contributed by atoms with Crippen molar-refractivity contribution in [1.29, 1.82) is 0 Å². The number of hydrogen-bond acceptors (Lipinski definition) is 3. The number of aliphatic imine (C=N–C) groups is 1. The van der Waals surface area contributed by atoms with Gasteiger partial charge < -0.3 is 15.1 Å². The van der Waals surface area contributed by atoms with E-state index in [1.807, 2.05) is 0 Å². The minimum Gasteiger partial charge on any atom is -0.357 e. The Balaban J connectivity index is 1.32. The molecule has 1 spiro atoms. The SMILES string of the molecule is CCNC(=NCc1ccc(CN2CCN(C)CC2)cc1)N1CCC2(CCC2)C1. The first kappa shape index (κ1) is 19.7. The van der Waals surface area contributed by atoms with E-state index in [1.54, 1.807) is 0 Å². The Morgan fingerprint density at radius 2 is 1.71 bits per heavy atom. The fourth-order valence-electron chi connectivity index (χ4n) is 4.81. The number of guanidine groups is 1. The summed E-state index contributed by atoms with van der Waals surface area (Å²) in [5, 5.41) is 3.52. The van der Waals surface area contributed by atoms with Gasteiger partial charge in [0.2, 0.25) is 0 Å². The molecule has 1 saturated carbocycles. The van der Waals surface area contributed by atoms with Gasteiger partial charge in [-0.15, -0.1) is 0 Å². The molecule has 0 aromatic heterocycles. The van der Waals surface area contributed by atoms with E-state index < -0.39 is 0 Å². The third-order valence-electron chi connectivity index (χ3n) is 6.92. The highest BCUT2D eigenvalue weighted by atomic mass is 15.3. The average molecular weight is 384 g/mol. The second kappa shape index (κ2) is 8.83. The Bertz CT molecular complexity index is 656. The third kappa shape index (κ3) is 4.69. The largest absolute Gasteiger partial charge is 0.357 e. The predicted molar refractivity (Wildman–Crippen MR) is 117 cm³/mol. The zero-order valence-corrected chi connectivity index (χ0v) is 17.8. The first-order chi connectivity index (χ1) is 13.7. The monoisotopic (exact) mass is 383 g/mol. The van der Waals surface area contributed by atoms with Crippen molar-refractivity contribution in [2.24, 2.45) is 10.4 Å². The number of piperazine rings is 1. The topological polar surface area (TPSA) is 34.1 Å². The summed E-state index contributed by atoms with van der Waals surface area (Å²) in [5.41, 5.74) is 3.33. The Labute approximate surface area is 170 Å². The van der Waals surface area contributed by atoms with Gasteiger partial charge in [0.05, 0.1) is 6.54 Å². The summed E-state index contributed by atoms with van der Waals surface area (Å²) in [6, 6.07) is 9.09. The molecule has 5 nitrogen and oxygen atoms in total. The molecule has 0 atom stereocenters. The Kier molecular flexibility index (Phi) is 6.22. The van der Waals surface area contributed by atoms with Gasteiger partial charge >= 0.3 is 0 Å². The highest BCUT2D eigenvalue weighted by molar-refractivity contribution is 5.80. The van der Waals surface area contributed by atoms with Crippen LogP contribution in [-0.2, 0) is 13.1 Å². The van der Waals surface area contributed by atoms with Gasteiger partial charge in [-0.25, -0.2) is 4.99 Å². The Morgan fingerprint density at radius 1 is 1.00 bits per heavy atom. The van der Waals surface area contributed by atoms with Crippen molar-refractivity contribution < 1.29 is 0 Å². The smallest absolute Gasteiger partial charge is 0.194 e. The van der Waals surface area contributed by atoms with Gasteiger partial charge in [0.15, 0.2) is 5.96 Å².